The number of H-pyrrole nitrogens is 1. The summed E-state index contributed by atoms with van der Waals surface area (Å²) in [4.78, 5) is 6.57. The van der Waals surface area contributed by atoms with Crippen LogP contribution < -0.4 is 4.72 Å². The van der Waals surface area contributed by atoms with Crippen molar-refractivity contribution in [1.29, 1.82) is 0 Å². The highest BCUT2D eigenvalue weighted by Gasteiger charge is 2.29. The van der Waals surface area contributed by atoms with Crippen LogP contribution in [0.1, 0.15) is 33.0 Å². The summed E-state index contributed by atoms with van der Waals surface area (Å²) >= 11 is 0. The Hall–Kier alpha value is -0.920. The molecule has 104 valence electrons. The third kappa shape index (κ3) is 3.79. The molecule has 0 spiro atoms. The SMILES string of the molecule is Cc1ncc(S(=O)(=O)NC(CCO)C(C)(C)C)[nH]1. The first-order valence-corrected chi connectivity index (χ1v) is 7.30. The Morgan fingerprint density at radius 2 is 2.11 bits per heavy atom. The normalized spacial score (nSPS) is 14.7. The van der Waals surface area contributed by atoms with Crippen LogP contribution in [0.25, 0.3) is 0 Å². The van der Waals surface area contributed by atoms with Crippen LogP contribution in [-0.2, 0) is 10.0 Å². The number of sulfonamides is 1. The minimum absolute atomic E-state index is 0.0483. The number of hydrogen-bond donors (Lipinski definition) is 3. The number of aryl methyl sites for hydroxylation is 1. The third-order valence-corrected chi connectivity index (χ3v) is 4.11. The monoisotopic (exact) mass is 275 g/mol. The van der Waals surface area contributed by atoms with Crippen LogP contribution in [0.15, 0.2) is 11.2 Å². The fourth-order valence-corrected chi connectivity index (χ4v) is 3.03. The first kappa shape index (κ1) is 15.1. The zero-order chi connectivity index (χ0) is 14.0. The Morgan fingerprint density at radius 3 is 2.50 bits per heavy atom. The zero-order valence-electron chi connectivity index (χ0n) is 11.2. The number of aliphatic hydroxyl groups excluding tert-OH is 1. The van der Waals surface area contributed by atoms with E-state index < -0.39 is 10.0 Å². The fraction of sp³-hybridized carbons (Fsp3) is 0.727. The molecule has 1 aromatic rings. The molecule has 7 heteroatoms. The van der Waals surface area contributed by atoms with Gasteiger partial charge in [0.1, 0.15) is 5.82 Å². The molecule has 3 N–H and O–H groups in total. The molecular weight excluding hydrogens is 254 g/mol. The first-order valence-electron chi connectivity index (χ1n) is 5.81. The second-order valence-corrected chi connectivity index (χ2v) is 7.07. The van der Waals surface area contributed by atoms with Crippen LogP contribution in [-0.4, -0.2) is 36.1 Å². The number of hydrogen-bond acceptors (Lipinski definition) is 4. The molecule has 0 radical (unpaired) electrons. The number of aromatic amines is 1. The van der Waals surface area contributed by atoms with Gasteiger partial charge in [0.15, 0.2) is 5.03 Å². The highest BCUT2D eigenvalue weighted by molar-refractivity contribution is 7.89. The quantitative estimate of drug-likeness (QED) is 0.740. The summed E-state index contributed by atoms with van der Waals surface area (Å²) in [7, 11) is -3.62. The van der Waals surface area contributed by atoms with E-state index >= 15 is 0 Å². The number of aliphatic hydroxyl groups is 1. The van der Waals surface area contributed by atoms with Crippen LogP contribution in [0.5, 0.6) is 0 Å². The van der Waals surface area contributed by atoms with E-state index in [0.717, 1.165) is 0 Å². The molecular formula is C11H21N3O3S. The van der Waals surface area contributed by atoms with Gasteiger partial charge in [0, 0.05) is 12.6 Å². The summed E-state index contributed by atoms with van der Waals surface area (Å²) in [5.41, 5.74) is -0.273. The largest absolute Gasteiger partial charge is 0.396 e. The van der Waals surface area contributed by atoms with Gasteiger partial charge in [-0.25, -0.2) is 18.1 Å². The molecule has 6 nitrogen and oxygen atoms in total. The van der Waals surface area contributed by atoms with Gasteiger partial charge < -0.3 is 10.1 Å². The minimum atomic E-state index is -3.62. The lowest BCUT2D eigenvalue weighted by Gasteiger charge is -2.30. The molecule has 0 bridgehead atoms. The molecule has 0 aliphatic heterocycles. The van der Waals surface area contributed by atoms with E-state index in [9.17, 15) is 8.42 Å². The molecule has 1 rings (SSSR count). The van der Waals surface area contributed by atoms with E-state index in [4.69, 9.17) is 5.11 Å². The van der Waals surface area contributed by atoms with Crippen molar-refractivity contribution in [3.05, 3.63) is 12.0 Å². The highest BCUT2D eigenvalue weighted by atomic mass is 32.2. The van der Waals surface area contributed by atoms with Gasteiger partial charge in [-0.05, 0) is 18.8 Å². The molecule has 0 amide bonds. The van der Waals surface area contributed by atoms with Crippen LogP contribution in [0.4, 0.5) is 0 Å². The number of nitrogens with zero attached hydrogens (tertiary/aromatic N) is 1. The molecule has 0 aliphatic carbocycles. The van der Waals surface area contributed by atoms with Gasteiger partial charge in [-0.1, -0.05) is 20.8 Å². The van der Waals surface area contributed by atoms with Gasteiger partial charge in [-0.3, -0.25) is 0 Å². The Kier molecular flexibility index (Phi) is 4.52. The smallest absolute Gasteiger partial charge is 0.257 e. The van der Waals surface area contributed by atoms with Crippen molar-refractivity contribution < 1.29 is 13.5 Å². The van der Waals surface area contributed by atoms with Crippen molar-refractivity contribution in [1.82, 2.24) is 14.7 Å². The van der Waals surface area contributed by atoms with E-state index in [-0.39, 0.29) is 23.1 Å². The lowest BCUT2D eigenvalue weighted by molar-refractivity contribution is 0.214. The van der Waals surface area contributed by atoms with E-state index in [1.807, 2.05) is 20.8 Å². The number of aromatic nitrogens is 2. The summed E-state index contributed by atoms with van der Waals surface area (Å²) in [5.74, 6) is 0.546. The molecule has 1 aromatic heterocycles. The average molecular weight is 275 g/mol. The predicted octanol–water partition coefficient (Wildman–Crippen LogP) is 0.794. The van der Waals surface area contributed by atoms with Gasteiger partial charge >= 0.3 is 0 Å². The Labute approximate surface area is 108 Å². The van der Waals surface area contributed by atoms with Gasteiger partial charge in [0.05, 0.1) is 6.20 Å². The third-order valence-electron chi connectivity index (χ3n) is 2.73. The van der Waals surface area contributed by atoms with Crippen molar-refractivity contribution >= 4 is 10.0 Å². The maximum Gasteiger partial charge on any atom is 0.257 e. The fourth-order valence-electron chi connectivity index (χ4n) is 1.58. The van der Waals surface area contributed by atoms with E-state index in [1.54, 1.807) is 6.92 Å². The van der Waals surface area contributed by atoms with Crippen LogP contribution in [0, 0.1) is 12.3 Å². The van der Waals surface area contributed by atoms with Crippen molar-refractivity contribution in [2.75, 3.05) is 6.61 Å². The molecule has 0 saturated carbocycles. The van der Waals surface area contributed by atoms with Crippen molar-refractivity contribution in [2.45, 2.75) is 45.2 Å². The summed E-state index contributed by atoms with van der Waals surface area (Å²) < 4.78 is 26.8. The minimum Gasteiger partial charge on any atom is -0.396 e. The van der Waals surface area contributed by atoms with Crippen LogP contribution >= 0.6 is 0 Å². The predicted molar refractivity (Wildman–Crippen MR) is 68.6 cm³/mol. The molecule has 0 fully saturated rings. The average Bonchev–Trinajstić information content (AvgIpc) is 2.63. The Bertz CT molecular complexity index is 488. The summed E-state index contributed by atoms with van der Waals surface area (Å²) in [6.07, 6.45) is 1.66. The highest BCUT2D eigenvalue weighted by Crippen LogP contribution is 2.23. The lowest BCUT2D eigenvalue weighted by Crippen LogP contribution is -2.44. The van der Waals surface area contributed by atoms with Crippen LogP contribution in [0.3, 0.4) is 0 Å². The van der Waals surface area contributed by atoms with Crippen LogP contribution in [0.2, 0.25) is 0 Å². The van der Waals surface area contributed by atoms with Crippen molar-refractivity contribution in [3.63, 3.8) is 0 Å². The Balaban J connectivity index is 2.93. The second kappa shape index (κ2) is 5.38. The first-order chi connectivity index (χ1) is 8.16. The molecule has 0 aromatic carbocycles. The second-order valence-electron chi connectivity index (χ2n) is 5.39. The van der Waals surface area contributed by atoms with Gasteiger partial charge in [0.25, 0.3) is 10.0 Å². The molecule has 1 unspecified atom stereocenters. The molecule has 0 aliphatic rings. The van der Waals surface area contributed by atoms with Gasteiger partial charge in [-0.15, -0.1) is 0 Å². The number of nitrogens with one attached hydrogen (secondary N) is 2. The van der Waals surface area contributed by atoms with E-state index in [2.05, 4.69) is 14.7 Å². The van der Waals surface area contributed by atoms with Gasteiger partial charge in [-0.2, -0.15) is 0 Å². The van der Waals surface area contributed by atoms with Crippen molar-refractivity contribution in [3.8, 4) is 0 Å². The van der Waals surface area contributed by atoms with Crippen molar-refractivity contribution in [2.24, 2.45) is 5.41 Å². The molecule has 1 heterocycles. The lowest BCUT2D eigenvalue weighted by atomic mass is 9.86. The standard InChI is InChI=1S/C11H21N3O3S/c1-8-12-7-10(13-8)18(16,17)14-9(5-6-15)11(2,3)4/h7,9,14-15H,5-6H2,1-4H3,(H,12,13). The molecule has 18 heavy (non-hydrogen) atoms. The van der Waals surface area contributed by atoms with Gasteiger partial charge in [0.2, 0.25) is 0 Å². The molecule has 1 atom stereocenters. The maximum absolute atomic E-state index is 12.1. The van der Waals surface area contributed by atoms with E-state index in [0.29, 0.717) is 12.2 Å². The topological polar surface area (TPSA) is 95.1 Å². The summed E-state index contributed by atoms with van der Waals surface area (Å²) in [5, 5.41) is 9.06. The summed E-state index contributed by atoms with van der Waals surface area (Å²) in [6.45, 7) is 7.40. The number of rotatable bonds is 5. The Morgan fingerprint density at radius 1 is 1.50 bits per heavy atom. The summed E-state index contributed by atoms with van der Waals surface area (Å²) in [6, 6.07) is -0.337. The molecule has 0 saturated heterocycles. The zero-order valence-corrected chi connectivity index (χ0v) is 12.0. The number of imidazole rings is 1. The van der Waals surface area contributed by atoms with E-state index in [1.165, 1.54) is 6.20 Å². The maximum atomic E-state index is 12.1.